The lowest BCUT2D eigenvalue weighted by Crippen LogP contribution is -2.11. The number of halogens is 1. The first kappa shape index (κ1) is 20.8. The van der Waals surface area contributed by atoms with Crippen LogP contribution in [0.25, 0.3) is 21.1 Å². The van der Waals surface area contributed by atoms with Crippen molar-refractivity contribution in [1.29, 1.82) is 0 Å². The lowest BCUT2D eigenvalue weighted by atomic mass is 10.1. The molecule has 0 radical (unpaired) electrons. The van der Waals surface area contributed by atoms with Crippen LogP contribution in [0, 0.1) is 6.92 Å². The molecule has 0 saturated carbocycles. The smallest absolute Gasteiger partial charge is 0.269 e. The van der Waals surface area contributed by atoms with Crippen LogP contribution in [0.15, 0.2) is 35.7 Å². The molecule has 10 heteroatoms. The van der Waals surface area contributed by atoms with Crippen LogP contribution < -0.4 is 14.8 Å². The van der Waals surface area contributed by atoms with E-state index in [9.17, 15) is 4.79 Å². The zero-order valence-electron chi connectivity index (χ0n) is 16.2. The highest BCUT2D eigenvalue weighted by atomic mass is 35.5. The lowest BCUT2D eigenvalue weighted by Gasteiger charge is -2.08. The third-order valence-electron chi connectivity index (χ3n) is 4.19. The summed E-state index contributed by atoms with van der Waals surface area (Å²) >= 11 is 10.1. The van der Waals surface area contributed by atoms with Crippen molar-refractivity contribution in [2.45, 2.75) is 6.92 Å². The fourth-order valence-electron chi connectivity index (χ4n) is 2.76. The third-order valence-corrected chi connectivity index (χ3v) is 7.51. The molecular formula is C20H16ClN3O3S3. The number of nitrogens with zero attached hydrogens (tertiary/aromatic N) is 2. The molecule has 1 amide bonds. The van der Waals surface area contributed by atoms with Gasteiger partial charge in [0.1, 0.15) is 21.4 Å². The van der Waals surface area contributed by atoms with E-state index >= 15 is 0 Å². The normalized spacial score (nSPS) is 10.8. The number of hydrogen-bond acceptors (Lipinski definition) is 8. The van der Waals surface area contributed by atoms with Gasteiger partial charge in [0.15, 0.2) is 5.13 Å². The Hall–Kier alpha value is -2.46. The van der Waals surface area contributed by atoms with E-state index in [1.54, 1.807) is 14.2 Å². The van der Waals surface area contributed by atoms with Crippen LogP contribution in [0.3, 0.4) is 0 Å². The number of benzene rings is 1. The fourth-order valence-corrected chi connectivity index (χ4v) is 5.53. The molecule has 30 heavy (non-hydrogen) atoms. The summed E-state index contributed by atoms with van der Waals surface area (Å²) in [7, 11) is 3.21. The second-order valence-corrected chi connectivity index (χ2v) is 9.67. The Morgan fingerprint density at radius 3 is 2.63 bits per heavy atom. The molecule has 154 valence electrons. The molecule has 0 saturated heterocycles. The maximum atomic E-state index is 12.8. The number of ether oxygens (including phenoxy) is 2. The number of aromatic nitrogens is 2. The maximum absolute atomic E-state index is 12.8. The Bertz CT molecular complexity index is 1220. The number of amides is 1. The van der Waals surface area contributed by atoms with Gasteiger partial charge >= 0.3 is 0 Å². The average Bonchev–Trinajstić information content (AvgIpc) is 3.47. The molecule has 0 aliphatic carbocycles. The second kappa shape index (κ2) is 8.73. The highest BCUT2D eigenvalue weighted by Gasteiger charge is 2.19. The van der Waals surface area contributed by atoms with Crippen LogP contribution in [0.2, 0.25) is 4.34 Å². The van der Waals surface area contributed by atoms with Gasteiger partial charge in [0.05, 0.1) is 34.8 Å². The molecular weight excluding hydrogens is 462 g/mol. The van der Waals surface area contributed by atoms with Crippen LogP contribution in [-0.2, 0) is 0 Å². The third kappa shape index (κ3) is 4.20. The second-order valence-electron chi connectivity index (χ2n) is 6.10. The van der Waals surface area contributed by atoms with E-state index in [0.29, 0.717) is 37.2 Å². The van der Waals surface area contributed by atoms with Gasteiger partial charge in [0.2, 0.25) is 0 Å². The Balaban J connectivity index is 1.56. The minimum atomic E-state index is -0.239. The molecule has 3 aromatic heterocycles. The monoisotopic (exact) mass is 477 g/mol. The molecule has 1 aromatic carbocycles. The molecule has 0 aliphatic heterocycles. The molecule has 0 spiro atoms. The number of nitrogens with one attached hydrogen (secondary N) is 1. The van der Waals surface area contributed by atoms with Crippen molar-refractivity contribution in [3.8, 4) is 32.6 Å². The highest BCUT2D eigenvalue weighted by molar-refractivity contribution is 7.24. The van der Waals surface area contributed by atoms with Gasteiger partial charge in [-0.05, 0) is 37.3 Å². The minimum Gasteiger partial charge on any atom is -0.497 e. The zero-order chi connectivity index (χ0) is 21.3. The topological polar surface area (TPSA) is 73.3 Å². The average molecular weight is 478 g/mol. The van der Waals surface area contributed by atoms with E-state index in [4.69, 9.17) is 21.1 Å². The highest BCUT2D eigenvalue weighted by Crippen LogP contribution is 2.37. The number of carbonyl (C=O) groups is 1. The Kier molecular flexibility index (Phi) is 6.05. The van der Waals surface area contributed by atoms with Crippen LogP contribution in [-0.4, -0.2) is 30.1 Å². The van der Waals surface area contributed by atoms with Crippen LogP contribution >= 0.6 is 45.6 Å². The number of anilines is 1. The fraction of sp³-hybridized carbons (Fsp3) is 0.150. The molecule has 4 aromatic rings. The Morgan fingerprint density at radius 1 is 1.10 bits per heavy atom. The van der Waals surface area contributed by atoms with E-state index in [1.807, 2.05) is 42.6 Å². The first-order valence-electron chi connectivity index (χ1n) is 8.71. The number of hydrogen-bond donors (Lipinski definition) is 1. The van der Waals surface area contributed by atoms with Crippen LogP contribution in [0.5, 0.6) is 11.5 Å². The molecule has 1 N–H and O–H groups in total. The van der Waals surface area contributed by atoms with Gasteiger partial charge in [-0.2, -0.15) is 0 Å². The summed E-state index contributed by atoms with van der Waals surface area (Å²) in [6.45, 7) is 1.82. The number of thiazole rings is 2. The van der Waals surface area contributed by atoms with E-state index in [2.05, 4.69) is 15.3 Å². The van der Waals surface area contributed by atoms with Crippen molar-refractivity contribution in [2.75, 3.05) is 19.5 Å². The van der Waals surface area contributed by atoms with Gasteiger partial charge in [-0.3, -0.25) is 10.1 Å². The van der Waals surface area contributed by atoms with E-state index < -0.39 is 0 Å². The maximum Gasteiger partial charge on any atom is 0.269 e. The van der Waals surface area contributed by atoms with Crippen molar-refractivity contribution < 1.29 is 14.3 Å². The largest absolute Gasteiger partial charge is 0.497 e. The predicted octanol–water partition coefficient (Wildman–Crippen LogP) is 6.23. The SMILES string of the molecule is COc1ccc(OC)c(-c2csc(NC(=O)c3sc(-c4ccc(Cl)s4)nc3C)n2)c1. The summed E-state index contributed by atoms with van der Waals surface area (Å²) in [4.78, 5) is 23.4. The summed E-state index contributed by atoms with van der Waals surface area (Å²) < 4.78 is 11.4. The van der Waals surface area contributed by atoms with Gasteiger partial charge in [0.25, 0.3) is 5.91 Å². The lowest BCUT2D eigenvalue weighted by molar-refractivity contribution is 0.103. The number of carbonyl (C=O) groups excluding carboxylic acids is 1. The summed E-state index contributed by atoms with van der Waals surface area (Å²) in [5.41, 5.74) is 2.16. The number of aryl methyl sites for hydroxylation is 1. The predicted molar refractivity (Wildman–Crippen MR) is 124 cm³/mol. The molecule has 6 nitrogen and oxygen atoms in total. The van der Waals surface area contributed by atoms with Crippen molar-refractivity contribution >= 4 is 56.7 Å². The van der Waals surface area contributed by atoms with Crippen molar-refractivity contribution in [3.63, 3.8) is 0 Å². The summed E-state index contributed by atoms with van der Waals surface area (Å²) in [6, 6.07) is 9.22. The van der Waals surface area contributed by atoms with Gasteiger partial charge in [-0.1, -0.05) is 11.6 Å². The van der Waals surface area contributed by atoms with Crippen molar-refractivity contribution in [3.05, 3.63) is 50.6 Å². The number of thiophene rings is 1. The van der Waals surface area contributed by atoms with Gasteiger partial charge in [0, 0.05) is 10.9 Å². The van der Waals surface area contributed by atoms with Crippen LogP contribution in [0.4, 0.5) is 5.13 Å². The minimum absolute atomic E-state index is 0.239. The Labute approximate surface area is 190 Å². The van der Waals surface area contributed by atoms with E-state index in [1.165, 1.54) is 34.0 Å². The number of rotatable bonds is 6. The van der Waals surface area contributed by atoms with Gasteiger partial charge in [-0.15, -0.1) is 34.0 Å². The standard InChI is InChI=1S/C20H16ClN3O3S3/c1-10-17(30-19(22-10)15-6-7-16(21)29-15)18(25)24-20-23-13(9-28-20)12-8-11(26-2)4-5-14(12)27-3/h4-9H,1-3H3,(H,23,24,25). The first-order valence-corrected chi connectivity index (χ1v) is 11.6. The first-order chi connectivity index (χ1) is 14.5. The summed E-state index contributed by atoms with van der Waals surface area (Å²) in [5, 5.41) is 6.00. The van der Waals surface area contributed by atoms with Gasteiger partial charge < -0.3 is 9.47 Å². The molecule has 0 atom stereocenters. The molecule has 0 aliphatic rings. The summed E-state index contributed by atoms with van der Waals surface area (Å²) in [5.74, 6) is 1.14. The molecule has 0 unspecified atom stereocenters. The van der Waals surface area contributed by atoms with Gasteiger partial charge in [-0.25, -0.2) is 9.97 Å². The molecule has 0 bridgehead atoms. The van der Waals surface area contributed by atoms with Crippen LogP contribution in [0.1, 0.15) is 15.4 Å². The van der Waals surface area contributed by atoms with E-state index in [-0.39, 0.29) is 5.91 Å². The molecule has 4 rings (SSSR count). The van der Waals surface area contributed by atoms with Crippen molar-refractivity contribution in [1.82, 2.24) is 9.97 Å². The quantitative estimate of drug-likeness (QED) is 0.356. The summed E-state index contributed by atoms with van der Waals surface area (Å²) in [6.07, 6.45) is 0. The van der Waals surface area contributed by atoms with Crippen molar-refractivity contribution in [2.24, 2.45) is 0 Å². The Morgan fingerprint density at radius 2 is 1.93 bits per heavy atom. The molecule has 3 heterocycles. The molecule has 0 fully saturated rings. The van der Waals surface area contributed by atoms with E-state index in [0.717, 1.165) is 15.4 Å². The number of methoxy groups -OCH3 is 2. The zero-order valence-corrected chi connectivity index (χ0v) is 19.4.